The highest BCUT2D eigenvalue weighted by atomic mass is 16.7. The normalized spacial score (nSPS) is 25.2. The second-order valence-electron chi connectivity index (χ2n) is 18.2. The molecule has 15 heteroatoms. The number of alkyl carbamates (subject to hydrolysis) is 1. The molecule has 5 atom stereocenters. The quantitative estimate of drug-likeness (QED) is 0.241. The second-order valence-corrected chi connectivity index (χ2v) is 18.2. The molecule has 2 aliphatic heterocycles. The summed E-state index contributed by atoms with van der Waals surface area (Å²) in [6, 6.07) is 2.57. The largest absolute Gasteiger partial charge is 0.486 e. The van der Waals surface area contributed by atoms with E-state index in [-0.39, 0.29) is 49.6 Å². The van der Waals surface area contributed by atoms with Gasteiger partial charge in [0, 0.05) is 6.20 Å². The Kier molecular flexibility index (Phi) is 10.4. The highest BCUT2D eigenvalue weighted by molar-refractivity contribution is 6.45. The summed E-state index contributed by atoms with van der Waals surface area (Å²) < 4.78 is 32.2. The van der Waals surface area contributed by atoms with E-state index in [1.54, 1.807) is 26.8 Å². The van der Waals surface area contributed by atoms with E-state index in [1.165, 1.54) is 28.4 Å². The van der Waals surface area contributed by atoms with E-state index in [2.05, 4.69) is 31.1 Å². The number of rotatable bonds is 11. The van der Waals surface area contributed by atoms with Crippen molar-refractivity contribution in [3.8, 4) is 5.75 Å². The van der Waals surface area contributed by atoms with Gasteiger partial charge in [-0.15, -0.1) is 0 Å². The lowest BCUT2D eigenvalue weighted by Gasteiger charge is -2.64. The Hall–Kier alpha value is -4.11. The number of primary amides is 1. The van der Waals surface area contributed by atoms with Gasteiger partial charge in [-0.2, -0.15) is 0 Å². The molecular weight excluding hydrogens is 693 g/mol. The number of nitrogens with two attached hydrogens (primary N) is 1. The van der Waals surface area contributed by atoms with Crippen LogP contribution in [-0.2, 0) is 41.3 Å². The Balaban J connectivity index is 1.14. The molecule has 3 aliphatic carbocycles. The third-order valence-electron chi connectivity index (χ3n) is 11.4. The van der Waals surface area contributed by atoms with Gasteiger partial charge in [0.2, 0.25) is 5.91 Å². The van der Waals surface area contributed by atoms with Crippen LogP contribution in [0.25, 0.3) is 0 Å². The molecule has 5 aliphatic rings. The third kappa shape index (κ3) is 8.12. The maximum Gasteiger partial charge on any atom is 0.457 e. The minimum atomic E-state index is -1.19. The van der Waals surface area contributed by atoms with Crippen molar-refractivity contribution in [1.29, 1.82) is 0 Å². The summed E-state index contributed by atoms with van der Waals surface area (Å²) in [6.45, 7) is 19.7. The minimum Gasteiger partial charge on any atom is -0.486 e. The third-order valence-corrected chi connectivity index (χ3v) is 11.4. The summed E-state index contributed by atoms with van der Waals surface area (Å²) in [5, 5.41) is 2.62. The lowest BCUT2D eigenvalue weighted by atomic mass is 9.43. The molecule has 2 aromatic rings. The van der Waals surface area contributed by atoms with Gasteiger partial charge in [-0.3, -0.25) is 9.59 Å². The first-order chi connectivity index (χ1) is 25.0. The molecule has 2 bridgehead atoms. The van der Waals surface area contributed by atoms with Crippen molar-refractivity contribution in [3.63, 3.8) is 0 Å². The van der Waals surface area contributed by atoms with Crippen molar-refractivity contribution in [2.75, 3.05) is 13.1 Å². The van der Waals surface area contributed by atoms with Gasteiger partial charge in [0.05, 0.1) is 36.8 Å². The number of hydrogen-bond donors (Lipinski definition) is 2. The number of carbonyl (C=O) groups is 4. The highest BCUT2D eigenvalue weighted by Gasteiger charge is 2.67. The Morgan fingerprint density at radius 1 is 1.06 bits per heavy atom. The van der Waals surface area contributed by atoms with E-state index in [4.69, 9.17) is 29.3 Å². The summed E-state index contributed by atoms with van der Waals surface area (Å²) in [4.78, 5) is 57.5. The molecule has 1 aromatic carbocycles. The predicted octanol–water partition coefficient (Wildman–Crippen LogP) is 4.76. The summed E-state index contributed by atoms with van der Waals surface area (Å²) in [5.74, 6) is 0.00548. The highest BCUT2D eigenvalue weighted by Crippen LogP contribution is 2.65. The molecule has 3 amide bonds. The van der Waals surface area contributed by atoms with Gasteiger partial charge in [-0.25, -0.2) is 14.6 Å². The summed E-state index contributed by atoms with van der Waals surface area (Å²) in [5.41, 5.74) is 6.06. The number of carbonyl (C=O) groups excluding carboxylic acids is 4. The standard InChI is InChI=1S/C39H56BN5O9/c1-22-23(13-14-40-53-29-16-24-15-28(38(24,8)9)39(29,10)54-40)11-12-27(31(22)34(48)51-36(2,3)4)50-25-17-45(18-25)33(47)32(43-35(49)52-37(5,6)7)26-19-44(21-42-26)20-30(41)46/h11-12,19,21,24-25,28-29,32H,13-18,20H2,1-10H3,(H2,41,46)(H,43,49)/t24-,28-,29+,32?,39-/m0/s1. The Morgan fingerprint density at radius 3 is 2.37 bits per heavy atom. The number of imidazole rings is 1. The number of nitrogens with one attached hydrogen (secondary N) is 1. The number of likely N-dealkylation sites (tertiary alicyclic amines) is 1. The molecule has 54 heavy (non-hydrogen) atoms. The number of amides is 3. The van der Waals surface area contributed by atoms with Crippen molar-refractivity contribution < 1.29 is 42.7 Å². The van der Waals surface area contributed by atoms with Crippen molar-refractivity contribution in [2.45, 2.75) is 136 Å². The number of benzene rings is 1. The van der Waals surface area contributed by atoms with Crippen LogP contribution in [0.4, 0.5) is 4.79 Å². The van der Waals surface area contributed by atoms with E-state index >= 15 is 0 Å². The van der Waals surface area contributed by atoms with Crippen LogP contribution >= 0.6 is 0 Å². The lowest BCUT2D eigenvalue weighted by Crippen LogP contribution is -2.65. The number of aryl methyl sites for hydroxylation is 1. The average molecular weight is 750 g/mol. The van der Waals surface area contributed by atoms with Gasteiger partial charge >= 0.3 is 19.2 Å². The molecule has 1 unspecified atom stereocenters. The fourth-order valence-corrected chi connectivity index (χ4v) is 8.57. The molecule has 5 fully saturated rings. The number of ether oxygens (including phenoxy) is 3. The van der Waals surface area contributed by atoms with Gasteiger partial charge in [-0.1, -0.05) is 19.9 Å². The Labute approximate surface area is 318 Å². The van der Waals surface area contributed by atoms with Crippen LogP contribution in [0.2, 0.25) is 6.32 Å². The number of esters is 1. The van der Waals surface area contributed by atoms with Gasteiger partial charge in [-0.05, 0) is 115 Å². The van der Waals surface area contributed by atoms with Gasteiger partial charge in [0.25, 0.3) is 5.91 Å². The summed E-state index contributed by atoms with van der Waals surface area (Å²) in [6.07, 6.45) is 5.23. The van der Waals surface area contributed by atoms with Crippen LogP contribution in [0.3, 0.4) is 0 Å². The summed E-state index contributed by atoms with van der Waals surface area (Å²) >= 11 is 0. The number of nitrogens with zero attached hydrogens (tertiary/aromatic N) is 3. The number of hydrogen-bond acceptors (Lipinski definition) is 10. The summed E-state index contributed by atoms with van der Waals surface area (Å²) in [7, 11) is -0.320. The first-order valence-electron chi connectivity index (χ1n) is 19.0. The monoisotopic (exact) mass is 749 g/mol. The van der Waals surface area contributed by atoms with Crippen molar-refractivity contribution in [2.24, 2.45) is 23.0 Å². The second kappa shape index (κ2) is 14.2. The molecule has 7 rings (SSSR count). The van der Waals surface area contributed by atoms with Crippen LogP contribution in [0.5, 0.6) is 5.75 Å². The van der Waals surface area contributed by atoms with Crippen molar-refractivity contribution >= 4 is 31.0 Å². The van der Waals surface area contributed by atoms with Crippen molar-refractivity contribution in [3.05, 3.63) is 47.0 Å². The average Bonchev–Trinajstić information content (AvgIpc) is 3.61. The molecule has 3 saturated carbocycles. The maximum absolute atomic E-state index is 13.8. The topological polar surface area (TPSA) is 174 Å². The molecule has 294 valence electrons. The fraction of sp³-hybridized carbons (Fsp3) is 0.667. The zero-order chi connectivity index (χ0) is 39.5. The molecule has 0 radical (unpaired) electrons. The van der Waals surface area contributed by atoms with Crippen LogP contribution in [0.1, 0.15) is 108 Å². The van der Waals surface area contributed by atoms with E-state index in [0.29, 0.717) is 35.9 Å². The Morgan fingerprint density at radius 2 is 1.74 bits per heavy atom. The van der Waals surface area contributed by atoms with Crippen LogP contribution in [0.15, 0.2) is 24.7 Å². The van der Waals surface area contributed by atoms with Gasteiger partial charge in [0.15, 0.2) is 6.04 Å². The van der Waals surface area contributed by atoms with Crippen LogP contribution in [-0.4, -0.2) is 87.5 Å². The molecule has 0 spiro atoms. The molecule has 2 saturated heterocycles. The SMILES string of the molecule is Cc1c(CCB2O[C@@H]3C[C@@H]4C[C@@H](C4(C)C)[C@]3(C)O2)ccc(OC2CN(C(=O)C(NC(=O)OC(C)(C)C)c3cn(CC(N)=O)cn3)C2)c1C(=O)OC(C)(C)C. The molecule has 14 nitrogen and oxygen atoms in total. The van der Waals surface area contributed by atoms with Gasteiger partial charge in [0.1, 0.15) is 35.2 Å². The number of aromatic nitrogens is 2. The smallest absolute Gasteiger partial charge is 0.457 e. The van der Waals surface area contributed by atoms with E-state index in [0.717, 1.165) is 17.5 Å². The zero-order valence-electron chi connectivity index (χ0n) is 33.3. The van der Waals surface area contributed by atoms with Crippen molar-refractivity contribution in [1.82, 2.24) is 19.8 Å². The van der Waals surface area contributed by atoms with E-state index in [1.807, 2.05) is 33.8 Å². The van der Waals surface area contributed by atoms with Crippen LogP contribution < -0.4 is 15.8 Å². The van der Waals surface area contributed by atoms with Gasteiger partial charge < -0.3 is 44.0 Å². The fourth-order valence-electron chi connectivity index (χ4n) is 8.57. The predicted molar refractivity (Wildman–Crippen MR) is 199 cm³/mol. The lowest BCUT2D eigenvalue weighted by molar-refractivity contribution is -0.199. The molecular formula is C39H56BN5O9. The molecule has 1 aromatic heterocycles. The van der Waals surface area contributed by atoms with E-state index in [9.17, 15) is 19.2 Å². The minimum absolute atomic E-state index is 0.102. The molecule has 3 N–H and O–H groups in total. The molecule has 3 heterocycles. The Bertz CT molecular complexity index is 1790. The van der Waals surface area contributed by atoms with E-state index < -0.39 is 47.2 Å². The maximum atomic E-state index is 13.8. The first kappa shape index (κ1) is 39.6. The van der Waals surface area contributed by atoms with Crippen LogP contribution in [0, 0.1) is 24.2 Å². The zero-order valence-corrected chi connectivity index (χ0v) is 33.3. The first-order valence-corrected chi connectivity index (χ1v) is 19.0.